The third kappa shape index (κ3) is 2.65. The van der Waals surface area contributed by atoms with Crippen LogP contribution in [0.2, 0.25) is 0 Å². The van der Waals surface area contributed by atoms with E-state index < -0.39 is 11.9 Å². The highest BCUT2D eigenvalue weighted by molar-refractivity contribution is 5.86. The predicted octanol–water partition coefficient (Wildman–Crippen LogP) is 0.0933. The molecule has 2 aliphatic heterocycles. The third-order valence-corrected chi connectivity index (χ3v) is 3.26. The maximum atomic E-state index is 11.6. The summed E-state index contributed by atoms with van der Waals surface area (Å²) in [6.07, 6.45) is 2.06. The van der Waals surface area contributed by atoms with E-state index in [-0.39, 0.29) is 30.8 Å². The zero-order chi connectivity index (χ0) is 10.8. The van der Waals surface area contributed by atoms with E-state index >= 15 is 0 Å². The zero-order valence-corrected chi connectivity index (χ0v) is 9.83. The fourth-order valence-corrected chi connectivity index (χ4v) is 2.37. The number of aliphatic carboxylic acids is 1. The van der Waals surface area contributed by atoms with Crippen LogP contribution in [0.4, 0.5) is 0 Å². The van der Waals surface area contributed by atoms with Crippen molar-refractivity contribution in [3.8, 4) is 0 Å². The number of nitrogens with zero attached hydrogens (tertiary/aromatic N) is 1. The van der Waals surface area contributed by atoms with Crippen LogP contribution in [0.3, 0.4) is 0 Å². The number of carboxylic acids is 1. The molecule has 2 heterocycles. The third-order valence-electron chi connectivity index (χ3n) is 3.26. The van der Waals surface area contributed by atoms with E-state index in [9.17, 15) is 9.59 Å². The summed E-state index contributed by atoms with van der Waals surface area (Å²) in [4.78, 5) is 24.2. The van der Waals surface area contributed by atoms with Gasteiger partial charge in [0.05, 0.1) is 5.92 Å². The Bertz CT molecular complexity index is 279. The first kappa shape index (κ1) is 13.3. The Hall–Kier alpha value is -0.810. The molecule has 0 aromatic heterocycles. The fraction of sp³-hybridized carbons (Fsp3) is 0.800. The molecular weight excluding hydrogens is 232 g/mol. The Balaban J connectivity index is 0.00000128. The number of piperidine rings is 1. The average molecular weight is 249 g/mol. The number of amides is 1. The van der Waals surface area contributed by atoms with Crippen LogP contribution < -0.4 is 5.32 Å². The molecule has 0 bridgehead atoms. The van der Waals surface area contributed by atoms with Gasteiger partial charge in [0.25, 0.3) is 0 Å². The molecule has 92 valence electrons. The van der Waals surface area contributed by atoms with Gasteiger partial charge in [0, 0.05) is 19.0 Å². The molecule has 0 aliphatic carbocycles. The number of carbonyl (C=O) groups is 2. The summed E-state index contributed by atoms with van der Waals surface area (Å²) < 4.78 is 0. The van der Waals surface area contributed by atoms with Crippen LogP contribution in [0.5, 0.6) is 0 Å². The lowest BCUT2D eigenvalue weighted by Gasteiger charge is -2.31. The molecule has 2 saturated heterocycles. The Morgan fingerprint density at radius 1 is 1.38 bits per heavy atom. The van der Waals surface area contributed by atoms with Crippen molar-refractivity contribution in [3.63, 3.8) is 0 Å². The predicted molar refractivity (Wildman–Crippen MR) is 60.6 cm³/mol. The van der Waals surface area contributed by atoms with E-state index in [0.29, 0.717) is 6.54 Å². The number of halogens is 1. The van der Waals surface area contributed by atoms with Crippen LogP contribution in [0.25, 0.3) is 0 Å². The maximum absolute atomic E-state index is 11.6. The van der Waals surface area contributed by atoms with Crippen LogP contribution in [0, 0.1) is 5.92 Å². The number of likely N-dealkylation sites (tertiary alicyclic amines) is 1. The molecule has 0 spiro atoms. The van der Waals surface area contributed by atoms with E-state index in [2.05, 4.69) is 5.32 Å². The lowest BCUT2D eigenvalue weighted by molar-refractivity contribution is -0.141. The van der Waals surface area contributed by atoms with Crippen molar-refractivity contribution in [2.24, 2.45) is 5.92 Å². The minimum Gasteiger partial charge on any atom is -0.481 e. The Kier molecular flexibility index (Phi) is 4.56. The van der Waals surface area contributed by atoms with Crippen molar-refractivity contribution in [2.45, 2.75) is 25.3 Å². The summed E-state index contributed by atoms with van der Waals surface area (Å²) in [6, 6.07) is 0.253. The van der Waals surface area contributed by atoms with Crippen molar-refractivity contribution in [1.82, 2.24) is 10.2 Å². The van der Waals surface area contributed by atoms with Gasteiger partial charge in [-0.05, 0) is 25.9 Å². The molecule has 2 aliphatic rings. The Morgan fingerprint density at radius 3 is 2.50 bits per heavy atom. The molecule has 0 radical (unpaired) electrons. The first-order valence-electron chi connectivity index (χ1n) is 5.41. The highest BCUT2D eigenvalue weighted by Crippen LogP contribution is 2.23. The SMILES string of the molecule is Cl.O=C(O)C1CC(=O)N(C2CCNCC2)C1. The molecular formula is C10H17ClN2O3. The summed E-state index contributed by atoms with van der Waals surface area (Å²) in [6.45, 7) is 2.25. The minimum absolute atomic E-state index is 0. The lowest BCUT2D eigenvalue weighted by atomic mass is 10.1. The summed E-state index contributed by atoms with van der Waals surface area (Å²) >= 11 is 0. The number of carbonyl (C=O) groups excluding carboxylic acids is 1. The largest absolute Gasteiger partial charge is 0.481 e. The number of hydrogen-bond acceptors (Lipinski definition) is 3. The van der Waals surface area contributed by atoms with Gasteiger partial charge in [-0.2, -0.15) is 0 Å². The Labute approximate surface area is 101 Å². The average Bonchev–Trinajstić information content (AvgIpc) is 2.62. The van der Waals surface area contributed by atoms with Crippen molar-refractivity contribution in [2.75, 3.05) is 19.6 Å². The number of hydrogen-bond donors (Lipinski definition) is 2. The molecule has 2 fully saturated rings. The highest BCUT2D eigenvalue weighted by Gasteiger charge is 2.37. The van der Waals surface area contributed by atoms with E-state index in [1.807, 2.05) is 0 Å². The minimum atomic E-state index is -0.847. The van der Waals surface area contributed by atoms with Crippen molar-refractivity contribution >= 4 is 24.3 Å². The Morgan fingerprint density at radius 2 is 2.00 bits per heavy atom. The van der Waals surface area contributed by atoms with Gasteiger partial charge in [-0.15, -0.1) is 12.4 Å². The van der Waals surface area contributed by atoms with E-state index in [1.165, 1.54) is 0 Å². The van der Waals surface area contributed by atoms with E-state index in [0.717, 1.165) is 25.9 Å². The normalized spacial score (nSPS) is 26.6. The van der Waals surface area contributed by atoms with Gasteiger partial charge >= 0.3 is 5.97 Å². The molecule has 0 aromatic carbocycles. The smallest absolute Gasteiger partial charge is 0.308 e. The summed E-state index contributed by atoms with van der Waals surface area (Å²) in [5, 5.41) is 12.1. The molecule has 2 N–H and O–H groups in total. The van der Waals surface area contributed by atoms with Crippen LogP contribution in [0.15, 0.2) is 0 Å². The van der Waals surface area contributed by atoms with Crippen LogP contribution >= 0.6 is 12.4 Å². The van der Waals surface area contributed by atoms with Crippen LogP contribution in [-0.2, 0) is 9.59 Å². The second-order valence-corrected chi connectivity index (χ2v) is 4.27. The maximum Gasteiger partial charge on any atom is 0.308 e. The number of nitrogens with one attached hydrogen (secondary N) is 1. The lowest BCUT2D eigenvalue weighted by Crippen LogP contribution is -2.44. The van der Waals surface area contributed by atoms with Crippen LogP contribution in [0.1, 0.15) is 19.3 Å². The zero-order valence-electron chi connectivity index (χ0n) is 9.02. The first-order valence-corrected chi connectivity index (χ1v) is 5.41. The second kappa shape index (κ2) is 5.50. The van der Waals surface area contributed by atoms with E-state index in [1.54, 1.807) is 4.90 Å². The monoisotopic (exact) mass is 248 g/mol. The summed E-state index contributed by atoms with van der Waals surface area (Å²) in [7, 11) is 0. The molecule has 16 heavy (non-hydrogen) atoms. The van der Waals surface area contributed by atoms with Gasteiger partial charge in [0.1, 0.15) is 0 Å². The van der Waals surface area contributed by atoms with Gasteiger partial charge in [0.15, 0.2) is 0 Å². The molecule has 0 saturated carbocycles. The van der Waals surface area contributed by atoms with Crippen molar-refractivity contribution < 1.29 is 14.7 Å². The fourth-order valence-electron chi connectivity index (χ4n) is 2.37. The number of rotatable bonds is 2. The summed E-state index contributed by atoms with van der Waals surface area (Å²) in [5.74, 6) is -1.33. The standard InChI is InChI=1S/C10H16N2O3.ClH/c13-9-5-7(10(14)15)6-12(9)8-1-3-11-4-2-8;/h7-8,11H,1-6H2,(H,14,15);1H. The highest BCUT2D eigenvalue weighted by atomic mass is 35.5. The van der Waals surface area contributed by atoms with E-state index in [4.69, 9.17) is 5.11 Å². The van der Waals surface area contributed by atoms with Gasteiger partial charge in [0.2, 0.25) is 5.91 Å². The van der Waals surface area contributed by atoms with Gasteiger partial charge in [-0.1, -0.05) is 0 Å². The van der Waals surface area contributed by atoms with Gasteiger partial charge < -0.3 is 15.3 Å². The van der Waals surface area contributed by atoms with Crippen molar-refractivity contribution in [3.05, 3.63) is 0 Å². The summed E-state index contributed by atoms with van der Waals surface area (Å²) in [5.41, 5.74) is 0. The van der Waals surface area contributed by atoms with Crippen LogP contribution in [-0.4, -0.2) is 47.6 Å². The molecule has 6 heteroatoms. The molecule has 1 atom stereocenters. The second-order valence-electron chi connectivity index (χ2n) is 4.27. The first-order chi connectivity index (χ1) is 7.18. The molecule has 5 nitrogen and oxygen atoms in total. The molecule has 1 amide bonds. The topological polar surface area (TPSA) is 69.6 Å². The molecule has 1 unspecified atom stereocenters. The molecule has 0 aromatic rings. The number of carboxylic acid groups (broad SMARTS) is 1. The van der Waals surface area contributed by atoms with Gasteiger partial charge in [-0.25, -0.2) is 0 Å². The van der Waals surface area contributed by atoms with Gasteiger partial charge in [-0.3, -0.25) is 9.59 Å². The quantitative estimate of drug-likeness (QED) is 0.727. The molecule has 2 rings (SSSR count). The van der Waals surface area contributed by atoms with Crippen molar-refractivity contribution in [1.29, 1.82) is 0 Å².